The van der Waals surface area contributed by atoms with E-state index in [-0.39, 0.29) is 0 Å². The van der Waals surface area contributed by atoms with Gasteiger partial charge in [0.2, 0.25) is 0 Å². The predicted octanol–water partition coefficient (Wildman–Crippen LogP) is 2.58. The van der Waals surface area contributed by atoms with E-state index in [0.29, 0.717) is 6.04 Å². The standard InChI is InChI=1S/C13H25NO/c1-10(2)11-3-5-12(6-4-11)14-13-7-8-15-9-13/h10-14H,3-9H2,1-2H3. The maximum atomic E-state index is 5.40. The van der Waals surface area contributed by atoms with Crippen LogP contribution < -0.4 is 5.32 Å². The van der Waals surface area contributed by atoms with E-state index in [2.05, 4.69) is 19.2 Å². The Morgan fingerprint density at radius 1 is 1.00 bits per heavy atom. The van der Waals surface area contributed by atoms with Crippen LogP contribution in [0.4, 0.5) is 0 Å². The van der Waals surface area contributed by atoms with Gasteiger partial charge in [-0.05, 0) is 43.9 Å². The van der Waals surface area contributed by atoms with Gasteiger partial charge in [-0.3, -0.25) is 0 Å². The van der Waals surface area contributed by atoms with Gasteiger partial charge in [-0.1, -0.05) is 13.8 Å². The fourth-order valence-electron chi connectivity index (χ4n) is 2.95. The quantitative estimate of drug-likeness (QED) is 0.774. The molecule has 0 bridgehead atoms. The number of hydrogen-bond acceptors (Lipinski definition) is 2. The average Bonchev–Trinajstić information content (AvgIpc) is 2.71. The van der Waals surface area contributed by atoms with E-state index in [9.17, 15) is 0 Å². The molecule has 1 saturated carbocycles. The molecule has 1 saturated heterocycles. The van der Waals surface area contributed by atoms with E-state index >= 15 is 0 Å². The monoisotopic (exact) mass is 211 g/mol. The molecular formula is C13H25NO. The summed E-state index contributed by atoms with van der Waals surface area (Å²) in [7, 11) is 0. The van der Waals surface area contributed by atoms with Crippen LogP contribution in [0.15, 0.2) is 0 Å². The van der Waals surface area contributed by atoms with Crippen molar-refractivity contribution in [2.24, 2.45) is 11.8 Å². The number of rotatable bonds is 3. The molecule has 0 aromatic heterocycles. The van der Waals surface area contributed by atoms with Crippen LogP contribution in [0.1, 0.15) is 46.0 Å². The van der Waals surface area contributed by atoms with Gasteiger partial charge in [-0.15, -0.1) is 0 Å². The smallest absolute Gasteiger partial charge is 0.0620 e. The third-order valence-electron chi connectivity index (χ3n) is 4.12. The third-order valence-corrected chi connectivity index (χ3v) is 4.12. The Kier molecular flexibility index (Phi) is 4.04. The Balaban J connectivity index is 1.68. The molecule has 1 heterocycles. The van der Waals surface area contributed by atoms with E-state index in [1.54, 1.807) is 0 Å². The van der Waals surface area contributed by atoms with Gasteiger partial charge in [0.1, 0.15) is 0 Å². The minimum Gasteiger partial charge on any atom is -0.380 e. The molecule has 2 aliphatic rings. The molecule has 2 nitrogen and oxygen atoms in total. The molecule has 0 aromatic carbocycles. The summed E-state index contributed by atoms with van der Waals surface area (Å²) in [5.41, 5.74) is 0. The van der Waals surface area contributed by atoms with Crippen LogP contribution in [0.5, 0.6) is 0 Å². The Bertz CT molecular complexity index is 179. The first-order valence-electron chi connectivity index (χ1n) is 6.59. The van der Waals surface area contributed by atoms with Gasteiger partial charge in [-0.25, -0.2) is 0 Å². The van der Waals surface area contributed by atoms with Crippen LogP contribution in [0.2, 0.25) is 0 Å². The van der Waals surface area contributed by atoms with Crippen molar-refractivity contribution in [2.75, 3.05) is 13.2 Å². The van der Waals surface area contributed by atoms with Crippen molar-refractivity contribution in [1.29, 1.82) is 0 Å². The molecule has 1 aliphatic carbocycles. The third kappa shape index (κ3) is 3.18. The summed E-state index contributed by atoms with van der Waals surface area (Å²) in [6.45, 7) is 6.62. The summed E-state index contributed by atoms with van der Waals surface area (Å²) in [5.74, 6) is 1.85. The predicted molar refractivity (Wildman–Crippen MR) is 62.9 cm³/mol. The van der Waals surface area contributed by atoms with Crippen molar-refractivity contribution in [3.05, 3.63) is 0 Å². The summed E-state index contributed by atoms with van der Waals surface area (Å²) in [5, 5.41) is 3.75. The first-order chi connectivity index (χ1) is 7.25. The van der Waals surface area contributed by atoms with Crippen LogP contribution >= 0.6 is 0 Å². The normalized spacial score (nSPS) is 37.4. The highest BCUT2D eigenvalue weighted by atomic mass is 16.5. The Hall–Kier alpha value is -0.0800. The van der Waals surface area contributed by atoms with E-state index < -0.39 is 0 Å². The van der Waals surface area contributed by atoms with Crippen molar-refractivity contribution < 1.29 is 4.74 Å². The molecule has 0 amide bonds. The van der Waals surface area contributed by atoms with Gasteiger partial charge in [0.25, 0.3) is 0 Å². The minimum absolute atomic E-state index is 0.644. The average molecular weight is 211 g/mol. The van der Waals surface area contributed by atoms with Gasteiger partial charge >= 0.3 is 0 Å². The van der Waals surface area contributed by atoms with Gasteiger partial charge in [0, 0.05) is 18.7 Å². The Morgan fingerprint density at radius 3 is 2.27 bits per heavy atom. The maximum Gasteiger partial charge on any atom is 0.0620 e. The van der Waals surface area contributed by atoms with Gasteiger partial charge < -0.3 is 10.1 Å². The van der Waals surface area contributed by atoms with E-state index in [1.165, 1.54) is 32.1 Å². The highest BCUT2D eigenvalue weighted by molar-refractivity contribution is 4.82. The van der Waals surface area contributed by atoms with Crippen LogP contribution in [0.25, 0.3) is 0 Å². The minimum atomic E-state index is 0.644. The number of nitrogens with one attached hydrogen (secondary N) is 1. The van der Waals surface area contributed by atoms with Crippen molar-refractivity contribution in [1.82, 2.24) is 5.32 Å². The second-order valence-electron chi connectivity index (χ2n) is 5.58. The van der Waals surface area contributed by atoms with Crippen LogP contribution in [0, 0.1) is 11.8 Å². The highest BCUT2D eigenvalue weighted by Gasteiger charge is 2.25. The maximum absolute atomic E-state index is 5.40. The molecule has 1 aliphatic heterocycles. The molecule has 2 rings (SSSR count). The molecule has 2 heteroatoms. The molecule has 0 aromatic rings. The Morgan fingerprint density at radius 2 is 1.73 bits per heavy atom. The fourth-order valence-corrected chi connectivity index (χ4v) is 2.95. The van der Waals surface area contributed by atoms with Crippen molar-refractivity contribution >= 4 is 0 Å². The molecule has 1 N–H and O–H groups in total. The summed E-state index contributed by atoms with van der Waals surface area (Å²) in [4.78, 5) is 0. The zero-order valence-corrected chi connectivity index (χ0v) is 10.2. The van der Waals surface area contributed by atoms with Crippen LogP contribution in [0.3, 0.4) is 0 Å². The summed E-state index contributed by atoms with van der Waals surface area (Å²) < 4.78 is 5.40. The molecular weight excluding hydrogens is 186 g/mol. The zero-order chi connectivity index (χ0) is 10.7. The summed E-state index contributed by atoms with van der Waals surface area (Å²) in [6, 6.07) is 1.41. The first-order valence-corrected chi connectivity index (χ1v) is 6.59. The number of hydrogen-bond donors (Lipinski definition) is 1. The van der Waals surface area contributed by atoms with Crippen molar-refractivity contribution in [3.8, 4) is 0 Å². The molecule has 15 heavy (non-hydrogen) atoms. The molecule has 0 radical (unpaired) electrons. The van der Waals surface area contributed by atoms with Crippen molar-refractivity contribution in [2.45, 2.75) is 58.0 Å². The van der Waals surface area contributed by atoms with Crippen molar-refractivity contribution in [3.63, 3.8) is 0 Å². The summed E-state index contributed by atoms with van der Waals surface area (Å²) >= 11 is 0. The second-order valence-corrected chi connectivity index (χ2v) is 5.58. The molecule has 1 unspecified atom stereocenters. The van der Waals surface area contributed by atoms with Crippen LogP contribution in [-0.4, -0.2) is 25.3 Å². The van der Waals surface area contributed by atoms with E-state index in [4.69, 9.17) is 4.74 Å². The number of ether oxygens (including phenoxy) is 1. The highest BCUT2D eigenvalue weighted by Crippen LogP contribution is 2.30. The SMILES string of the molecule is CC(C)C1CCC(NC2CCOC2)CC1. The lowest BCUT2D eigenvalue weighted by Crippen LogP contribution is -2.41. The van der Waals surface area contributed by atoms with Gasteiger partial charge in [0.05, 0.1) is 6.61 Å². The largest absolute Gasteiger partial charge is 0.380 e. The molecule has 2 fully saturated rings. The Labute approximate surface area is 93.8 Å². The first kappa shape index (κ1) is 11.4. The van der Waals surface area contributed by atoms with Gasteiger partial charge in [-0.2, -0.15) is 0 Å². The van der Waals surface area contributed by atoms with E-state index in [0.717, 1.165) is 31.1 Å². The molecule has 1 atom stereocenters. The van der Waals surface area contributed by atoms with E-state index in [1.807, 2.05) is 0 Å². The van der Waals surface area contributed by atoms with Gasteiger partial charge in [0.15, 0.2) is 0 Å². The zero-order valence-electron chi connectivity index (χ0n) is 10.2. The lowest BCUT2D eigenvalue weighted by atomic mass is 9.79. The lowest BCUT2D eigenvalue weighted by molar-refractivity contribution is 0.180. The topological polar surface area (TPSA) is 21.3 Å². The summed E-state index contributed by atoms with van der Waals surface area (Å²) in [6.07, 6.45) is 6.80. The fraction of sp³-hybridized carbons (Fsp3) is 1.00. The molecule has 0 spiro atoms. The molecule has 88 valence electrons. The second kappa shape index (κ2) is 5.31. The van der Waals surface area contributed by atoms with Crippen LogP contribution in [-0.2, 0) is 4.74 Å². The lowest BCUT2D eigenvalue weighted by Gasteiger charge is -2.32.